The predicted molar refractivity (Wildman–Crippen MR) is 76.8 cm³/mol. The van der Waals surface area contributed by atoms with E-state index < -0.39 is 5.82 Å². The number of hydrogen-bond donors (Lipinski definition) is 0. The smallest absolute Gasteiger partial charge is 0.179 e. The molecule has 0 unspecified atom stereocenters. The average Bonchev–Trinajstić information content (AvgIpc) is 2.96. The van der Waals surface area contributed by atoms with E-state index in [2.05, 4.69) is 12.3 Å². The number of fused-ring (bicyclic) bond motifs is 1. The average molecular weight is 291 g/mol. The fraction of sp³-hybridized carbons (Fsp3) is 0.118. The molecule has 0 atom stereocenters. The van der Waals surface area contributed by atoms with Gasteiger partial charge in [0.1, 0.15) is 5.82 Å². The van der Waals surface area contributed by atoms with Gasteiger partial charge in [0.05, 0.1) is 24.7 Å². The number of hydrogen-bond acceptors (Lipinski definition) is 4. The van der Waals surface area contributed by atoms with Crippen LogP contribution in [0.25, 0.3) is 11.1 Å². The molecule has 0 spiro atoms. The second kappa shape index (κ2) is 5.31. The van der Waals surface area contributed by atoms with E-state index >= 15 is 0 Å². The van der Waals surface area contributed by atoms with E-state index in [4.69, 9.17) is 5.26 Å². The molecule has 5 heteroatoms. The van der Waals surface area contributed by atoms with Crippen LogP contribution in [0.4, 0.5) is 4.39 Å². The van der Waals surface area contributed by atoms with Crippen LogP contribution in [0.2, 0.25) is 0 Å². The number of benzene rings is 2. The summed E-state index contributed by atoms with van der Waals surface area (Å²) < 4.78 is 13.3. The molecule has 1 aliphatic rings. The van der Waals surface area contributed by atoms with Gasteiger partial charge in [-0.05, 0) is 46.5 Å². The monoisotopic (exact) mass is 291 g/mol. The first kappa shape index (κ1) is 13.8. The van der Waals surface area contributed by atoms with Crippen molar-refractivity contribution in [3.8, 4) is 23.4 Å². The number of carbonyl (C=O) groups excluding carboxylic acids is 1. The van der Waals surface area contributed by atoms with Crippen LogP contribution < -0.4 is 0 Å². The van der Waals surface area contributed by atoms with Gasteiger partial charge in [0.15, 0.2) is 12.5 Å². The van der Waals surface area contributed by atoms with Gasteiger partial charge in [-0.25, -0.2) is 4.39 Å². The number of rotatable bonds is 2. The SMILES string of the molecule is N#Cc1cc2c(c(-c3ccc(F)cc3C=O)c1)CN(C#N)C2. The van der Waals surface area contributed by atoms with Crippen LogP contribution in [0, 0.1) is 28.6 Å². The first-order valence-electron chi connectivity index (χ1n) is 6.62. The molecule has 2 aromatic rings. The van der Waals surface area contributed by atoms with E-state index in [1.54, 1.807) is 17.0 Å². The van der Waals surface area contributed by atoms with Crippen molar-refractivity contribution in [1.82, 2.24) is 4.90 Å². The molecule has 22 heavy (non-hydrogen) atoms. The highest BCUT2D eigenvalue weighted by atomic mass is 19.1. The zero-order valence-electron chi connectivity index (χ0n) is 11.5. The second-order valence-electron chi connectivity index (χ2n) is 5.08. The summed E-state index contributed by atoms with van der Waals surface area (Å²) >= 11 is 0. The first-order valence-corrected chi connectivity index (χ1v) is 6.62. The van der Waals surface area contributed by atoms with Crippen molar-refractivity contribution in [1.29, 1.82) is 10.5 Å². The quantitative estimate of drug-likeness (QED) is 0.630. The van der Waals surface area contributed by atoms with E-state index in [1.165, 1.54) is 18.2 Å². The molecule has 1 heterocycles. The fourth-order valence-corrected chi connectivity index (χ4v) is 2.76. The van der Waals surface area contributed by atoms with Crippen molar-refractivity contribution < 1.29 is 9.18 Å². The maximum absolute atomic E-state index is 13.3. The molecule has 106 valence electrons. The van der Waals surface area contributed by atoms with Crippen LogP contribution in [0.3, 0.4) is 0 Å². The second-order valence-corrected chi connectivity index (χ2v) is 5.08. The minimum absolute atomic E-state index is 0.229. The highest BCUT2D eigenvalue weighted by molar-refractivity contribution is 5.89. The van der Waals surface area contributed by atoms with Gasteiger partial charge in [-0.2, -0.15) is 10.5 Å². The Bertz CT molecular complexity index is 861. The molecule has 1 aliphatic heterocycles. The van der Waals surface area contributed by atoms with Crippen molar-refractivity contribution in [2.75, 3.05) is 0 Å². The Balaban J connectivity index is 2.25. The molecular weight excluding hydrogens is 281 g/mol. The molecule has 0 amide bonds. The van der Waals surface area contributed by atoms with Gasteiger partial charge in [-0.1, -0.05) is 6.07 Å². The minimum atomic E-state index is -0.488. The number of carbonyl (C=O) groups is 1. The predicted octanol–water partition coefficient (Wildman–Crippen LogP) is 2.97. The van der Waals surface area contributed by atoms with Crippen LogP contribution >= 0.6 is 0 Å². The summed E-state index contributed by atoms with van der Waals surface area (Å²) in [5, 5.41) is 18.2. The van der Waals surface area contributed by atoms with Gasteiger partial charge in [0.2, 0.25) is 0 Å². The summed E-state index contributed by atoms with van der Waals surface area (Å²) in [6.07, 6.45) is 2.68. The Hall–Kier alpha value is -3.18. The number of halogens is 1. The highest BCUT2D eigenvalue weighted by Crippen LogP contribution is 2.35. The van der Waals surface area contributed by atoms with Crippen LogP contribution in [-0.2, 0) is 13.1 Å². The van der Waals surface area contributed by atoms with E-state index in [9.17, 15) is 14.4 Å². The Morgan fingerprint density at radius 2 is 1.95 bits per heavy atom. The molecule has 0 saturated carbocycles. The molecule has 4 nitrogen and oxygen atoms in total. The molecular formula is C17H10FN3O. The summed E-state index contributed by atoms with van der Waals surface area (Å²) in [5.74, 6) is -0.488. The number of nitrogens with zero attached hydrogens (tertiary/aromatic N) is 3. The maximum atomic E-state index is 13.3. The number of aldehydes is 1. The first-order chi connectivity index (χ1) is 10.7. The Morgan fingerprint density at radius 3 is 2.64 bits per heavy atom. The van der Waals surface area contributed by atoms with E-state index in [0.29, 0.717) is 36.1 Å². The van der Waals surface area contributed by atoms with E-state index in [-0.39, 0.29) is 5.56 Å². The molecule has 3 rings (SSSR count). The molecule has 0 aliphatic carbocycles. The third-order valence-electron chi connectivity index (χ3n) is 3.75. The lowest BCUT2D eigenvalue weighted by Gasteiger charge is -2.11. The topological polar surface area (TPSA) is 67.9 Å². The third-order valence-corrected chi connectivity index (χ3v) is 3.75. The lowest BCUT2D eigenvalue weighted by Crippen LogP contribution is -2.07. The van der Waals surface area contributed by atoms with Crippen LogP contribution in [0.5, 0.6) is 0 Å². The zero-order chi connectivity index (χ0) is 15.7. The van der Waals surface area contributed by atoms with Gasteiger partial charge in [0.25, 0.3) is 0 Å². The van der Waals surface area contributed by atoms with E-state index in [1.807, 2.05) is 0 Å². The standard InChI is InChI=1S/C17H10FN3O/c18-14-1-2-15(13(5-14)9-22)16-4-11(6-19)3-12-7-21(10-20)8-17(12)16/h1-5,9H,7-8H2. The van der Waals surface area contributed by atoms with E-state index in [0.717, 1.165) is 11.1 Å². The van der Waals surface area contributed by atoms with Crippen molar-refractivity contribution in [3.05, 3.63) is 58.4 Å². The molecule has 0 aromatic heterocycles. The Labute approximate surface area is 126 Å². The summed E-state index contributed by atoms with van der Waals surface area (Å²) in [7, 11) is 0. The summed E-state index contributed by atoms with van der Waals surface area (Å²) in [6.45, 7) is 0.856. The largest absolute Gasteiger partial charge is 0.302 e. The van der Waals surface area contributed by atoms with Crippen LogP contribution in [0.1, 0.15) is 27.0 Å². The molecule has 0 N–H and O–H groups in total. The lowest BCUT2D eigenvalue weighted by atomic mass is 9.92. The molecule has 0 radical (unpaired) electrons. The van der Waals surface area contributed by atoms with Crippen molar-refractivity contribution in [2.24, 2.45) is 0 Å². The maximum Gasteiger partial charge on any atom is 0.179 e. The summed E-state index contributed by atoms with van der Waals surface area (Å²) in [4.78, 5) is 12.8. The molecule has 0 saturated heterocycles. The van der Waals surface area contributed by atoms with Crippen molar-refractivity contribution in [2.45, 2.75) is 13.1 Å². The normalized spacial score (nSPS) is 12.4. The Morgan fingerprint density at radius 1 is 1.14 bits per heavy atom. The van der Waals surface area contributed by atoms with Gasteiger partial charge >= 0.3 is 0 Å². The summed E-state index contributed by atoms with van der Waals surface area (Å²) in [5.41, 5.74) is 3.74. The number of nitriles is 2. The van der Waals surface area contributed by atoms with Crippen LogP contribution in [-0.4, -0.2) is 11.2 Å². The fourth-order valence-electron chi connectivity index (χ4n) is 2.76. The minimum Gasteiger partial charge on any atom is -0.302 e. The van der Waals surface area contributed by atoms with Gasteiger partial charge < -0.3 is 4.90 Å². The Kier molecular flexibility index (Phi) is 3.33. The van der Waals surface area contributed by atoms with Crippen molar-refractivity contribution >= 4 is 6.29 Å². The third kappa shape index (κ3) is 2.19. The van der Waals surface area contributed by atoms with Crippen molar-refractivity contribution in [3.63, 3.8) is 0 Å². The van der Waals surface area contributed by atoms with Gasteiger partial charge in [-0.15, -0.1) is 0 Å². The zero-order valence-corrected chi connectivity index (χ0v) is 11.5. The van der Waals surface area contributed by atoms with Crippen LogP contribution in [0.15, 0.2) is 30.3 Å². The molecule has 0 fully saturated rings. The van der Waals surface area contributed by atoms with Gasteiger partial charge in [0, 0.05) is 5.56 Å². The van der Waals surface area contributed by atoms with Gasteiger partial charge in [-0.3, -0.25) is 4.79 Å². The molecule has 2 aromatic carbocycles. The highest BCUT2D eigenvalue weighted by Gasteiger charge is 2.23. The lowest BCUT2D eigenvalue weighted by molar-refractivity contribution is 0.112. The summed E-state index contributed by atoms with van der Waals surface area (Å²) in [6, 6.07) is 9.50. The molecule has 0 bridgehead atoms.